The van der Waals surface area contributed by atoms with Gasteiger partial charge in [0.2, 0.25) is 11.2 Å². The molecule has 0 amide bonds. The van der Waals surface area contributed by atoms with Gasteiger partial charge in [0.05, 0.1) is 45.9 Å². The third kappa shape index (κ3) is 3.31. The van der Waals surface area contributed by atoms with E-state index in [1.807, 2.05) is 12.1 Å². The van der Waals surface area contributed by atoms with Crippen molar-refractivity contribution in [3.63, 3.8) is 0 Å². The van der Waals surface area contributed by atoms with Crippen molar-refractivity contribution in [2.24, 2.45) is 0 Å². The summed E-state index contributed by atoms with van der Waals surface area (Å²) in [7, 11) is 5.88. The normalized spacial score (nSPS) is 11.0. The molecule has 0 saturated heterocycles. The lowest BCUT2D eigenvalue weighted by atomic mass is 10.1. The number of nitrogens with zero attached hydrogens (tertiary/aromatic N) is 3. The van der Waals surface area contributed by atoms with Gasteiger partial charge in [-0.1, -0.05) is 17.3 Å². The summed E-state index contributed by atoms with van der Waals surface area (Å²) in [6.07, 6.45) is 0. The van der Waals surface area contributed by atoms with Crippen molar-refractivity contribution in [1.29, 1.82) is 0 Å². The molecular weight excluding hydrogens is 404 g/mol. The van der Waals surface area contributed by atoms with E-state index in [9.17, 15) is 9.59 Å². The van der Waals surface area contributed by atoms with Crippen LogP contribution in [0.3, 0.4) is 0 Å². The van der Waals surface area contributed by atoms with E-state index < -0.39 is 11.0 Å². The van der Waals surface area contributed by atoms with E-state index in [1.54, 1.807) is 19.2 Å². The van der Waals surface area contributed by atoms with Gasteiger partial charge in [-0.15, -0.1) is 5.10 Å². The Hall–Kier alpha value is -4.08. The summed E-state index contributed by atoms with van der Waals surface area (Å²) in [5, 5.41) is 8.17. The average Bonchev–Trinajstić information content (AvgIpc) is 3.17. The van der Waals surface area contributed by atoms with Gasteiger partial charge in [-0.05, 0) is 23.8 Å². The van der Waals surface area contributed by atoms with Gasteiger partial charge < -0.3 is 23.9 Å². The fraction of sp³-hybridized carbons (Fsp3) is 0.238. The number of aromatic nitrogens is 4. The standard InChI is InChI=1S/C21H20N4O6/c1-28-12-7-5-11(6-8-12)10-25-17-16(23-24-25)21(27)22-15-13(18(17)26)9-14(29-2)19(30-3)20(15)31-4/h5-9H,10H2,1-4H3,(H,22,27). The van der Waals surface area contributed by atoms with Gasteiger partial charge in [0.1, 0.15) is 11.3 Å². The average molecular weight is 424 g/mol. The molecule has 0 spiro atoms. The summed E-state index contributed by atoms with van der Waals surface area (Å²) in [5.41, 5.74) is 0.0194. The number of aromatic amines is 1. The van der Waals surface area contributed by atoms with Crippen LogP contribution in [0.4, 0.5) is 0 Å². The molecule has 2 aromatic carbocycles. The van der Waals surface area contributed by atoms with Crippen LogP contribution in [0.15, 0.2) is 39.9 Å². The minimum Gasteiger partial charge on any atom is -0.497 e. The second-order valence-corrected chi connectivity index (χ2v) is 6.64. The number of benzene rings is 2. The lowest BCUT2D eigenvalue weighted by Gasteiger charge is -2.13. The maximum absolute atomic E-state index is 13.5. The monoisotopic (exact) mass is 424 g/mol. The van der Waals surface area contributed by atoms with E-state index in [0.717, 1.165) is 5.56 Å². The summed E-state index contributed by atoms with van der Waals surface area (Å²) in [6.45, 7) is 0.241. The van der Waals surface area contributed by atoms with Crippen molar-refractivity contribution in [1.82, 2.24) is 20.0 Å². The van der Waals surface area contributed by atoms with Crippen molar-refractivity contribution < 1.29 is 18.9 Å². The first kappa shape index (κ1) is 20.2. The molecule has 0 aliphatic heterocycles. The molecule has 0 aliphatic carbocycles. The lowest BCUT2D eigenvalue weighted by Crippen LogP contribution is -2.10. The number of rotatable bonds is 6. The molecule has 0 aliphatic rings. The minimum atomic E-state index is -0.575. The van der Waals surface area contributed by atoms with Crippen LogP contribution in [0.25, 0.3) is 21.9 Å². The van der Waals surface area contributed by atoms with Gasteiger partial charge in [-0.2, -0.15) is 0 Å². The van der Waals surface area contributed by atoms with E-state index in [-0.39, 0.29) is 40.0 Å². The second kappa shape index (κ2) is 7.98. The van der Waals surface area contributed by atoms with Gasteiger partial charge in [-0.25, -0.2) is 4.68 Å². The molecule has 4 aromatic rings. The number of hydrogen-bond acceptors (Lipinski definition) is 8. The summed E-state index contributed by atoms with van der Waals surface area (Å²) >= 11 is 0. The van der Waals surface area contributed by atoms with Crippen molar-refractivity contribution in [3.05, 3.63) is 56.5 Å². The smallest absolute Gasteiger partial charge is 0.278 e. The topological polar surface area (TPSA) is 118 Å². The van der Waals surface area contributed by atoms with Crippen LogP contribution in [0.1, 0.15) is 5.56 Å². The summed E-state index contributed by atoms with van der Waals surface area (Å²) in [6, 6.07) is 8.80. The molecule has 0 atom stereocenters. The molecule has 10 nitrogen and oxygen atoms in total. The number of hydrogen-bond donors (Lipinski definition) is 1. The number of fused-ring (bicyclic) bond motifs is 2. The van der Waals surface area contributed by atoms with Gasteiger partial charge >= 0.3 is 0 Å². The van der Waals surface area contributed by atoms with Crippen LogP contribution < -0.4 is 29.9 Å². The van der Waals surface area contributed by atoms with Gasteiger partial charge in [0.15, 0.2) is 17.0 Å². The van der Waals surface area contributed by atoms with Crippen LogP contribution in [0.5, 0.6) is 23.0 Å². The highest BCUT2D eigenvalue weighted by Gasteiger charge is 2.21. The first-order valence-electron chi connectivity index (χ1n) is 9.27. The van der Waals surface area contributed by atoms with Crippen LogP contribution in [0.2, 0.25) is 0 Å². The molecular formula is C21H20N4O6. The Bertz CT molecular complexity index is 1390. The van der Waals surface area contributed by atoms with E-state index in [0.29, 0.717) is 11.5 Å². The molecule has 10 heteroatoms. The van der Waals surface area contributed by atoms with Crippen LogP contribution in [-0.2, 0) is 6.54 Å². The zero-order valence-corrected chi connectivity index (χ0v) is 17.4. The van der Waals surface area contributed by atoms with Gasteiger partial charge in [-0.3, -0.25) is 9.59 Å². The Morgan fingerprint density at radius 1 is 0.935 bits per heavy atom. The van der Waals surface area contributed by atoms with Gasteiger partial charge in [0.25, 0.3) is 5.56 Å². The largest absolute Gasteiger partial charge is 0.497 e. The summed E-state index contributed by atoms with van der Waals surface area (Å²) in [4.78, 5) is 29.1. The highest BCUT2D eigenvalue weighted by atomic mass is 16.5. The zero-order chi connectivity index (χ0) is 22.1. The maximum atomic E-state index is 13.5. The number of ether oxygens (including phenoxy) is 4. The zero-order valence-electron chi connectivity index (χ0n) is 17.4. The lowest BCUT2D eigenvalue weighted by molar-refractivity contribution is 0.327. The van der Waals surface area contributed by atoms with Crippen LogP contribution in [0, 0.1) is 0 Å². The molecule has 0 radical (unpaired) electrons. The maximum Gasteiger partial charge on any atom is 0.278 e. The second-order valence-electron chi connectivity index (χ2n) is 6.64. The van der Waals surface area contributed by atoms with Crippen molar-refractivity contribution in [2.75, 3.05) is 28.4 Å². The Labute approximate surface area is 175 Å². The highest BCUT2D eigenvalue weighted by molar-refractivity contribution is 5.93. The first-order valence-corrected chi connectivity index (χ1v) is 9.27. The fourth-order valence-corrected chi connectivity index (χ4v) is 3.46. The predicted molar refractivity (Wildman–Crippen MR) is 114 cm³/mol. The van der Waals surface area contributed by atoms with Crippen LogP contribution in [-0.4, -0.2) is 48.4 Å². The van der Waals surface area contributed by atoms with E-state index in [1.165, 1.54) is 32.1 Å². The van der Waals surface area contributed by atoms with Gasteiger partial charge in [0, 0.05) is 0 Å². The summed E-state index contributed by atoms with van der Waals surface area (Å²) in [5.74, 6) is 1.44. The van der Waals surface area contributed by atoms with E-state index in [4.69, 9.17) is 18.9 Å². The number of H-pyrrole nitrogens is 1. The molecule has 0 saturated carbocycles. The third-order valence-electron chi connectivity index (χ3n) is 4.97. The molecule has 1 N–H and O–H groups in total. The molecule has 160 valence electrons. The molecule has 4 rings (SSSR count). The Balaban J connectivity index is 2.03. The summed E-state index contributed by atoms with van der Waals surface area (Å²) < 4.78 is 22.7. The Morgan fingerprint density at radius 2 is 1.65 bits per heavy atom. The van der Waals surface area contributed by atoms with E-state index >= 15 is 0 Å². The molecule has 31 heavy (non-hydrogen) atoms. The van der Waals surface area contributed by atoms with E-state index in [2.05, 4.69) is 15.3 Å². The predicted octanol–water partition coefficient (Wildman–Crippen LogP) is 1.72. The van der Waals surface area contributed by atoms with Crippen molar-refractivity contribution in [2.45, 2.75) is 6.54 Å². The molecule has 0 unspecified atom stereocenters. The SMILES string of the molecule is COc1ccc(Cn2nnc3c(=O)[nH]c4c(OC)c(OC)c(OC)cc4c(=O)c32)cc1. The quantitative estimate of drug-likeness (QED) is 0.497. The molecule has 2 aromatic heterocycles. The number of nitrogens with one attached hydrogen (secondary N) is 1. The molecule has 2 heterocycles. The van der Waals surface area contributed by atoms with Crippen molar-refractivity contribution >= 4 is 21.9 Å². The fourth-order valence-electron chi connectivity index (χ4n) is 3.46. The minimum absolute atomic E-state index is 0.0707. The molecule has 0 bridgehead atoms. The number of methoxy groups -OCH3 is 4. The molecule has 0 fully saturated rings. The van der Waals surface area contributed by atoms with Crippen LogP contribution >= 0.6 is 0 Å². The Morgan fingerprint density at radius 3 is 2.26 bits per heavy atom. The van der Waals surface area contributed by atoms with Crippen molar-refractivity contribution in [3.8, 4) is 23.0 Å². The third-order valence-corrected chi connectivity index (χ3v) is 4.97. The first-order chi connectivity index (χ1) is 15.0. The Kier molecular flexibility index (Phi) is 5.20. The highest BCUT2D eigenvalue weighted by Crippen LogP contribution is 2.41.